The highest BCUT2D eigenvalue weighted by atomic mass is 79.9. The summed E-state index contributed by atoms with van der Waals surface area (Å²) in [6, 6.07) is 7.61. The Kier molecular flexibility index (Phi) is 8.13. The molecule has 5 nitrogen and oxygen atoms in total. The third-order valence-corrected chi connectivity index (χ3v) is 6.64. The van der Waals surface area contributed by atoms with Gasteiger partial charge in [-0.05, 0) is 65.2 Å². The van der Waals surface area contributed by atoms with Gasteiger partial charge in [-0.2, -0.15) is 0 Å². The molecule has 3 amide bonds. The lowest BCUT2D eigenvalue weighted by molar-refractivity contribution is 0.0963. The number of aryl methyl sites for hydroxylation is 1. The smallest absolute Gasteiger partial charge is 0.326 e. The van der Waals surface area contributed by atoms with E-state index in [1.807, 2.05) is 0 Å². The zero-order valence-electron chi connectivity index (χ0n) is 17.0. The van der Waals surface area contributed by atoms with Gasteiger partial charge in [0.1, 0.15) is 17.3 Å². The number of rotatable bonds is 4. The van der Waals surface area contributed by atoms with Crippen LogP contribution in [0.2, 0.25) is 20.1 Å². The Morgan fingerprint density at radius 1 is 0.970 bits per heavy atom. The van der Waals surface area contributed by atoms with Crippen LogP contribution < -0.4 is 15.4 Å². The highest BCUT2D eigenvalue weighted by Gasteiger charge is 2.21. The predicted octanol–water partition coefficient (Wildman–Crippen LogP) is 8.57. The molecule has 0 aliphatic carbocycles. The maximum atomic E-state index is 13.9. The van der Waals surface area contributed by atoms with Crippen LogP contribution in [0.15, 0.2) is 40.9 Å². The third-order valence-electron chi connectivity index (χ3n) is 4.51. The zero-order chi connectivity index (χ0) is 24.4. The summed E-state index contributed by atoms with van der Waals surface area (Å²) >= 11 is 27.7. The number of halogens is 6. The second kappa shape index (κ2) is 10.5. The van der Waals surface area contributed by atoms with Crippen LogP contribution in [0, 0.1) is 19.7 Å². The number of amides is 3. The number of carbonyl (C=O) groups excluding carboxylic acids is 2. The van der Waals surface area contributed by atoms with E-state index in [0.717, 1.165) is 6.07 Å². The third kappa shape index (κ3) is 5.73. The topological polar surface area (TPSA) is 67.4 Å². The number of anilines is 1. The fourth-order valence-corrected chi connectivity index (χ4v) is 4.23. The fraction of sp³-hybridized carbons (Fsp3) is 0.0909. The van der Waals surface area contributed by atoms with Crippen LogP contribution in [0.3, 0.4) is 0 Å². The minimum atomic E-state index is -0.985. The molecule has 0 saturated heterocycles. The van der Waals surface area contributed by atoms with E-state index in [9.17, 15) is 14.0 Å². The molecule has 0 heterocycles. The molecule has 0 fully saturated rings. The summed E-state index contributed by atoms with van der Waals surface area (Å²) in [6.45, 7) is 3.38. The minimum absolute atomic E-state index is 0.120. The molecule has 0 atom stereocenters. The van der Waals surface area contributed by atoms with E-state index >= 15 is 0 Å². The van der Waals surface area contributed by atoms with Crippen LogP contribution in [0.5, 0.6) is 11.5 Å². The number of ether oxygens (including phenoxy) is 1. The molecular weight excluding hydrogens is 581 g/mol. The number of urea groups is 1. The fourth-order valence-electron chi connectivity index (χ4n) is 2.92. The van der Waals surface area contributed by atoms with Crippen LogP contribution in [0.1, 0.15) is 21.5 Å². The Hall–Kier alpha value is -2.03. The molecule has 2 N–H and O–H groups in total. The molecule has 3 rings (SSSR count). The first-order valence-corrected chi connectivity index (χ1v) is 11.5. The van der Waals surface area contributed by atoms with Crippen molar-refractivity contribution in [1.29, 1.82) is 0 Å². The maximum absolute atomic E-state index is 13.9. The molecule has 3 aromatic rings. The highest BCUT2D eigenvalue weighted by molar-refractivity contribution is 9.10. The standard InChI is InChI=1S/C22H14BrCl4FN2O3/c1-9-6-17(33-16-8-14(26)13(25)7-11(16)23)19(27)10(2)20(9)29-22(32)30-21(31)18-12(24)4-3-5-15(18)28/h3-8H,1-2H3,(H2,29,30,31,32). The van der Waals surface area contributed by atoms with Crippen molar-refractivity contribution in [2.75, 3.05) is 5.32 Å². The second-order valence-electron chi connectivity index (χ2n) is 6.81. The molecule has 0 saturated carbocycles. The van der Waals surface area contributed by atoms with Crippen molar-refractivity contribution in [2.45, 2.75) is 13.8 Å². The monoisotopic (exact) mass is 592 g/mol. The van der Waals surface area contributed by atoms with E-state index in [2.05, 4.69) is 26.6 Å². The SMILES string of the molecule is Cc1cc(Oc2cc(Cl)c(Cl)cc2Br)c(Cl)c(C)c1NC(=O)NC(=O)c1c(F)cccc1Cl. The minimum Gasteiger partial charge on any atom is -0.455 e. The molecular formula is C22H14BrCl4FN2O3. The Bertz CT molecular complexity index is 1270. The average Bonchev–Trinajstić information content (AvgIpc) is 2.73. The van der Waals surface area contributed by atoms with Crippen molar-refractivity contribution in [2.24, 2.45) is 0 Å². The van der Waals surface area contributed by atoms with Gasteiger partial charge in [0, 0.05) is 11.8 Å². The van der Waals surface area contributed by atoms with E-state index < -0.39 is 23.3 Å². The van der Waals surface area contributed by atoms with Crippen molar-refractivity contribution >= 4 is 80.0 Å². The quantitative estimate of drug-likeness (QED) is 0.297. The predicted molar refractivity (Wildman–Crippen MR) is 133 cm³/mol. The van der Waals surface area contributed by atoms with Gasteiger partial charge in [0.2, 0.25) is 0 Å². The largest absolute Gasteiger partial charge is 0.455 e. The molecule has 0 spiro atoms. The van der Waals surface area contributed by atoms with E-state index in [4.69, 9.17) is 51.1 Å². The number of imide groups is 1. The van der Waals surface area contributed by atoms with Crippen LogP contribution in [-0.2, 0) is 0 Å². The van der Waals surface area contributed by atoms with Crippen LogP contribution in [-0.4, -0.2) is 11.9 Å². The summed E-state index contributed by atoms with van der Waals surface area (Å²) in [5, 5.41) is 5.36. The molecule has 33 heavy (non-hydrogen) atoms. The van der Waals surface area contributed by atoms with Gasteiger partial charge in [-0.25, -0.2) is 9.18 Å². The summed E-state index contributed by atoms with van der Waals surface area (Å²) in [5.41, 5.74) is 0.992. The van der Waals surface area contributed by atoms with Crippen LogP contribution in [0.4, 0.5) is 14.9 Å². The molecule has 172 valence electrons. The van der Waals surface area contributed by atoms with Crippen LogP contribution in [0.25, 0.3) is 0 Å². The second-order valence-corrected chi connectivity index (χ2v) is 9.26. The van der Waals surface area contributed by atoms with E-state index in [1.165, 1.54) is 18.2 Å². The number of nitrogens with one attached hydrogen (secondary N) is 2. The van der Waals surface area contributed by atoms with Gasteiger partial charge in [0.15, 0.2) is 0 Å². The normalized spacial score (nSPS) is 10.7. The van der Waals surface area contributed by atoms with Crippen molar-refractivity contribution < 1.29 is 18.7 Å². The van der Waals surface area contributed by atoms with Gasteiger partial charge in [0.05, 0.1) is 30.1 Å². The summed E-state index contributed by atoms with van der Waals surface area (Å²) in [6.07, 6.45) is 0. The van der Waals surface area contributed by atoms with Crippen LogP contribution >= 0.6 is 62.3 Å². The first kappa shape index (κ1) is 25.6. The van der Waals surface area contributed by atoms with Gasteiger partial charge in [-0.1, -0.05) is 52.5 Å². The zero-order valence-corrected chi connectivity index (χ0v) is 21.6. The number of carbonyl (C=O) groups is 2. The molecule has 0 radical (unpaired) electrons. The van der Waals surface area contributed by atoms with Gasteiger partial charge in [0.25, 0.3) is 5.91 Å². The summed E-state index contributed by atoms with van der Waals surface area (Å²) < 4.78 is 20.4. The van der Waals surface area contributed by atoms with Crippen molar-refractivity contribution in [1.82, 2.24) is 5.32 Å². The lowest BCUT2D eigenvalue weighted by atomic mass is 10.1. The molecule has 0 aromatic heterocycles. The summed E-state index contributed by atoms with van der Waals surface area (Å²) in [5.74, 6) is -1.14. The van der Waals surface area contributed by atoms with Gasteiger partial charge in [-0.15, -0.1) is 0 Å². The summed E-state index contributed by atoms with van der Waals surface area (Å²) in [7, 11) is 0. The highest BCUT2D eigenvalue weighted by Crippen LogP contribution is 2.42. The molecule has 0 aliphatic rings. The van der Waals surface area contributed by atoms with Crippen molar-refractivity contribution in [3.05, 3.63) is 83.5 Å². The molecule has 0 bridgehead atoms. The van der Waals surface area contributed by atoms with E-state index in [1.54, 1.807) is 26.0 Å². The Labute approximate surface area is 217 Å². The first-order valence-electron chi connectivity index (χ1n) is 9.18. The van der Waals surface area contributed by atoms with E-state index in [0.29, 0.717) is 42.8 Å². The molecule has 3 aromatic carbocycles. The molecule has 0 aliphatic heterocycles. The Morgan fingerprint density at radius 3 is 2.30 bits per heavy atom. The van der Waals surface area contributed by atoms with Gasteiger partial charge in [-0.3, -0.25) is 10.1 Å². The van der Waals surface area contributed by atoms with Gasteiger partial charge < -0.3 is 10.1 Å². The maximum Gasteiger partial charge on any atom is 0.326 e. The number of hydrogen-bond acceptors (Lipinski definition) is 3. The molecule has 11 heteroatoms. The van der Waals surface area contributed by atoms with E-state index in [-0.39, 0.29) is 10.0 Å². The van der Waals surface area contributed by atoms with Gasteiger partial charge >= 0.3 is 6.03 Å². The summed E-state index contributed by atoms with van der Waals surface area (Å²) in [4.78, 5) is 24.7. The number of hydrogen-bond donors (Lipinski definition) is 2. The first-order chi connectivity index (χ1) is 15.5. The Balaban J connectivity index is 1.82. The lowest BCUT2D eigenvalue weighted by Crippen LogP contribution is -2.35. The Morgan fingerprint density at radius 2 is 1.64 bits per heavy atom. The number of benzene rings is 3. The molecule has 0 unspecified atom stereocenters. The average molecular weight is 595 g/mol. The lowest BCUT2D eigenvalue weighted by Gasteiger charge is -2.17. The van der Waals surface area contributed by atoms with Crippen molar-refractivity contribution in [3.63, 3.8) is 0 Å². The van der Waals surface area contributed by atoms with Crippen molar-refractivity contribution in [3.8, 4) is 11.5 Å².